The number of hydrogen-bond donors (Lipinski definition) is 1. The topological polar surface area (TPSA) is 12.0 Å². The van der Waals surface area contributed by atoms with Crippen LogP contribution in [0, 0.1) is 23.7 Å². The van der Waals surface area contributed by atoms with Crippen molar-refractivity contribution in [2.24, 2.45) is 23.7 Å². The van der Waals surface area contributed by atoms with Gasteiger partial charge in [0.05, 0.1) is 0 Å². The average molecular weight is 249 g/mol. The van der Waals surface area contributed by atoms with Gasteiger partial charge < -0.3 is 5.32 Å². The van der Waals surface area contributed by atoms with E-state index in [1.807, 2.05) is 0 Å². The molecule has 1 heteroatoms. The van der Waals surface area contributed by atoms with Crippen LogP contribution >= 0.6 is 0 Å². The zero-order chi connectivity index (χ0) is 12.4. The van der Waals surface area contributed by atoms with E-state index in [0.29, 0.717) is 0 Å². The lowest BCUT2D eigenvalue weighted by atomic mass is 9.84. The van der Waals surface area contributed by atoms with Crippen molar-refractivity contribution < 1.29 is 0 Å². The third-order valence-corrected chi connectivity index (χ3v) is 6.01. The molecule has 0 bridgehead atoms. The molecule has 18 heavy (non-hydrogen) atoms. The zero-order valence-electron chi connectivity index (χ0n) is 12.2. The summed E-state index contributed by atoms with van der Waals surface area (Å²) < 4.78 is 0. The van der Waals surface area contributed by atoms with Crippen LogP contribution in [-0.4, -0.2) is 12.6 Å². The van der Waals surface area contributed by atoms with E-state index >= 15 is 0 Å². The fourth-order valence-electron chi connectivity index (χ4n) is 5.06. The number of fused-ring (bicyclic) bond motifs is 1. The van der Waals surface area contributed by atoms with Gasteiger partial charge in [-0.2, -0.15) is 0 Å². The van der Waals surface area contributed by atoms with E-state index in [9.17, 15) is 0 Å². The summed E-state index contributed by atoms with van der Waals surface area (Å²) in [5.74, 6) is 4.39. The molecule has 3 fully saturated rings. The fraction of sp³-hybridized carbons (Fsp3) is 1.00. The number of rotatable bonds is 6. The molecule has 0 spiro atoms. The first-order valence-electron chi connectivity index (χ1n) is 8.63. The third kappa shape index (κ3) is 2.76. The van der Waals surface area contributed by atoms with E-state index in [1.165, 1.54) is 57.9 Å². The van der Waals surface area contributed by atoms with Crippen LogP contribution in [0.25, 0.3) is 0 Å². The molecule has 104 valence electrons. The van der Waals surface area contributed by atoms with Gasteiger partial charge in [0.15, 0.2) is 0 Å². The maximum Gasteiger partial charge on any atom is 0.0101 e. The van der Waals surface area contributed by atoms with Gasteiger partial charge in [-0.25, -0.2) is 0 Å². The second kappa shape index (κ2) is 5.94. The summed E-state index contributed by atoms with van der Waals surface area (Å²) in [5.41, 5.74) is 0. The lowest BCUT2D eigenvalue weighted by Crippen LogP contribution is -2.33. The molecule has 3 aliphatic rings. The second-order valence-electron chi connectivity index (χ2n) is 7.08. The van der Waals surface area contributed by atoms with Crippen molar-refractivity contribution in [1.82, 2.24) is 5.32 Å². The van der Waals surface area contributed by atoms with Gasteiger partial charge in [0.25, 0.3) is 0 Å². The second-order valence-corrected chi connectivity index (χ2v) is 7.08. The van der Waals surface area contributed by atoms with E-state index in [0.717, 1.165) is 29.7 Å². The van der Waals surface area contributed by atoms with E-state index in [1.54, 1.807) is 12.8 Å². The molecular weight excluding hydrogens is 218 g/mol. The van der Waals surface area contributed by atoms with Gasteiger partial charge in [0.1, 0.15) is 0 Å². The summed E-state index contributed by atoms with van der Waals surface area (Å²) in [5, 5.41) is 3.81. The summed E-state index contributed by atoms with van der Waals surface area (Å²) in [4.78, 5) is 0. The SMILES string of the molecule is CCNC(CCC1CCCCC1)C1C2CCCC21. The van der Waals surface area contributed by atoms with Crippen LogP contribution in [0.3, 0.4) is 0 Å². The smallest absolute Gasteiger partial charge is 0.0101 e. The van der Waals surface area contributed by atoms with E-state index in [2.05, 4.69) is 12.2 Å². The Kier molecular flexibility index (Phi) is 4.28. The van der Waals surface area contributed by atoms with Gasteiger partial charge in [-0.1, -0.05) is 45.4 Å². The zero-order valence-corrected chi connectivity index (χ0v) is 12.2. The Morgan fingerprint density at radius 2 is 1.67 bits per heavy atom. The Hall–Kier alpha value is -0.0400. The largest absolute Gasteiger partial charge is 0.314 e. The molecule has 0 aromatic carbocycles. The molecule has 0 aromatic heterocycles. The highest BCUT2D eigenvalue weighted by Gasteiger charge is 2.55. The first-order chi connectivity index (χ1) is 8.90. The maximum absolute atomic E-state index is 3.81. The molecular formula is C17H31N. The molecule has 0 aromatic rings. The van der Waals surface area contributed by atoms with Crippen molar-refractivity contribution >= 4 is 0 Å². The highest BCUT2D eigenvalue weighted by Crippen LogP contribution is 2.59. The Bertz CT molecular complexity index is 246. The Labute approximate surface area is 113 Å². The van der Waals surface area contributed by atoms with Crippen LogP contribution in [-0.2, 0) is 0 Å². The monoisotopic (exact) mass is 249 g/mol. The minimum Gasteiger partial charge on any atom is -0.314 e. The molecule has 3 rings (SSSR count). The summed E-state index contributed by atoms with van der Waals surface area (Å²) in [6.07, 6.45) is 15.1. The van der Waals surface area contributed by atoms with Crippen molar-refractivity contribution in [3.05, 3.63) is 0 Å². The lowest BCUT2D eigenvalue weighted by molar-refractivity contribution is 0.296. The van der Waals surface area contributed by atoms with Crippen LogP contribution in [0.4, 0.5) is 0 Å². The van der Waals surface area contributed by atoms with Crippen LogP contribution < -0.4 is 5.32 Å². The van der Waals surface area contributed by atoms with Crippen LogP contribution in [0.2, 0.25) is 0 Å². The Balaban J connectivity index is 1.45. The molecule has 1 N–H and O–H groups in total. The summed E-state index contributed by atoms with van der Waals surface area (Å²) in [6, 6.07) is 0.868. The summed E-state index contributed by atoms with van der Waals surface area (Å²) in [7, 11) is 0. The van der Waals surface area contributed by atoms with Crippen molar-refractivity contribution in [3.8, 4) is 0 Å². The van der Waals surface area contributed by atoms with Crippen molar-refractivity contribution in [1.29, 1.82) is 0 Å². The first kappa shape index (κ1) is 13.0. The molecule has 3 atom stereocenters. The minimum absolute atomic E-state index is 0.868. The fourth-order valence-corrected chi connectivity index (χ4v) is 5.06. The quantitative estimate of drug-likeness (QED) is 0.737. The predicted octanol–water partition coefficient (Wildman–Crippen LogP) is 4.37. The molecule has 0 heterocycles. The molecule has 3 aliphatic carbocycles. The van der Waals surface area contributed by atoms with E-state index in [4.69, 9.17) is 0 Å². The molecule has 0 amide bonds. The van der Waals surface area contributed by atoms with Gasteiger partial charge >= 0.3 is 0 Å². The average Bonchev–Trinajstić information content (AvgIpc) is 2.88. The van der Waals surface area contributed by atoms with Gasteiger partial charge in [-0.3, -0.25) is 0 Å². The van der Waals surface area contributed by atoms with E-state index < -0.39 is 0 Å². The third-order valence-electron chi connectivity index (χ3n) is 6.01. The normalized spacial score (nSPS) is 37.5. The highest BCUT2D eigenvalue weighted by atomic mass is 14.9. The van der Waals surface area contributed by atoms with Gasteiger partial charge in [-0.05, 0) is 55.9 Å². The van der Waals surface area contributed by atoms with Crippen molar-refractivity contribution in [3.63, 3.8) is 0 Å². The van der Waals surface area contributed by atoms with Gasteiger partial charge in [0.2, 0.25) is 0 Å². The molecule has 3 saturated carbocycles. The number of nitrogens with one attached hydrogen (secondary N) is 1. The Morgan fingerprint density at radius 3 is 2.33 bits per heavy atom. The maximum atomic E-state index is 3.81. The highest BCUT2D eigenvalue weighted by molar-refractivity contribution is 5.06. The van der Waals surface area contributed by atoms with Crippen LogP contribution in [0.15, 0.2) is 0 Å². The van der Waals surface area contributed by atoms with Crippen molar-refractivity contribution in [2.45, 2.75) is 77.2 Å². The molecule has 0 aliphatic heterocycles. The molecule has 1 nitrogen and oxygen atoms in total. The predicted molar refractivity (Wildman–Crippen MR) is 77.6 cm³/mol. The van der Waals surface area contributed by atoms with Crippen molar-refractivity contribution in [2.75, 3.05) is 6.54 Å². The van der Waals surface area contributed by atoms with Gasteiger partial charge in [-0.15, -0.1) is 0 Å². The number of hydrogen-bond acceptors (Lipinski definition) is 1. The summed E-state index contributed by atoms with van der Waals surface area (Å²) in [6.45, 7) is 3.46. The molecule has 0 saturated heterocycles. The Morgan fingerprint density at radius 1 is 0.944 bits per heavy atom. The minimum atomic E-state index is 0.868. The summed E-state index contributed by atoms with van der Waals surface area (Å²) >= 11 is 0. The van der Waals surface area contributed by atoms with Gasteiger partial charge in [0, 0.05) is 6.04 Å². The molecule has 3 unspecified atom stereocenters. The molecule has 0 radical (unpaired) electrons. The van der Waals surface area contributed by atoms with Crippen LogP contribution in [0.1, 0.15) is 71.1 Å². The lowest BCUT2D eigenvalue weighted by Gasteiger charge is -2.25. The van der Waals surface area contributed by atoms with Crippen LogP contribution in [0.5, 0.6) is 0 Å². The first-order valence-corrected chi connectivity index (χ1v) is 8.63. The standard InChI is InChI=1S/C17H31N/c1-2-18-16(17-14-9-6-10-15(14)17)12-11-13-7-4-3-5-8-13/h13-18H,2-12H2,1H3. The van der Waals surface area contributed by atoms with E-state index in [-0.39, 0.29) is 0 Å².